The first-order chi connectivity index (χ1) is 5.70. The van der Waals surface area contributed by atoms with Crippen molar-refractivity contribution in [1.29, 1.82) is 0 Å². The van der Waals surface area contributed by atoms with Gasteiger partial charge in [-0.15, -0.1) is 0 Å². The molecule has 1 aromatic heterocycles. The standard InChI is InChI=1S/C9H12BrNO/c1-7(12)4-5-9-8(10)3-2-6-11-9/h2-3,6-7,12H,4-5H2,1H3/t7-/m1/s1. The normalized spacial score (nSPS) is 12.9. The average molecular weight is 230 g/mol. The summed E-state index contributed by atoms with van der Waals surface area (Å²) in [5.74, 6) is 0. The molecule has 1 N–H and O–H groups in total. The maximum atomic E-state index is 9.06. The van der Waals surface area contributed by atoms with E-state index < -0.39 is 0 Å². The van der Waals surface area contributed by atoms with E-state index in [1.165, 1.54) is 0 Å². The van der Waals surface area contributed by atoms with Gasteiger partial charge < -0.3 is 5.11 Å². The molecule has 0 aliphatic heterocycles. The van der Waals surface area contributed by atoms with Crippen LogP contribution in [0.2, 0.25) is 0 Å². The van der Waals surface area contributed by atoms with Crippen molar-refractivity contribution in [2.75, 3.05) is 0 Å². The van der Waals surface area contributed by atoms with Crippen LogP contribution in [0, 0.1) is 0 Å². The predicted octanol–water partition coefficient (Wildman–Crippen LogP) is 2.16. The molecule has 0 unspecified atom stereocenters. The fourth-order valence-electron chi connectivity index (χ4n) is 0.948. The monoisotopic (exact) mass is 229 g/mol. The number of aromatic nitrogens is 1. The van der Waals surface area contributed by atoms with Crippen LogP contribution < -0.4 is 0 Å². The topological polar surface area (TPSA) is 33.1 Å². The van der Waals surface area contributed by atoms with Crippen LogP contribution >= 0.6 is 15.9 Å². The van der Waals surface area contributed by atoms with Crippen molar-refractivity contribution in [2.45, 2.75) is 25.9 Å². The maximum Gasteiger partial charge on any atom is 0.0546 e. The van der Waals surface area contributed by atoms with Gasteiger partial charge in [0.1, 0.15) is 0 Å². The lowest BCUT2D eigenvalue weighted by Gasteiger charge is -2.04. The van der Waals surface area contributed by atoms with Crippen LogP contribution in [0.1, 0.15) is 19.0 Å². The number of hydrogen-bond acceptors (Lipinski definition) is 2. The Morgan fingerprint density at radius 3 is 3.00 bits per heavy atom. The van der Waals surface area contributed by atoms with Gasteiger partial charge in [-0.25, -0.2) is 0 Å². The van der Waals surface area contributed by atoms with Crippen LogP contribution in [-0.2, 0) is 6.42 Å². The highest BCUT2D eigenvalue weighted by atomic mass is 79.9. The highest BCUT2D eigenvalue weighted by Crippen LogP contribution is 2.15. The first kappa shape index (κ1) is 9.68. The Morgan fingerprint density at radius 2 is 2.42 bits per heavy atom. The molecule has 3 heteroatoms. The summed E-state index contributed by atoms with van der Waals surface area (Å²) in [5, 5.41) is 9.06. The Morgan fingerprint density at radius 1 is 1.67 bits per heavy atom. The molecule has 1 atom stereocenters. The van der Waals surface area contributed by atoms with Crippen molar-refractivity contribution in [2.24, 2.45) is 0 Å². The number of pyridine rings is 1. The molecule has 0 fully saturated rings. The van der Waals surface area contributed by atoms with Crippen LogP contribution in [0.25, 0.3) is 0 Å². The summed E-state index contributed by atoms with van der Waals surface area (Å²) in [6, 6.07) is 3.85. The van der Waals surface area contributed by atoms with Gasteiger partial charge in [0.2, 0.25) is 0 Å². The molecule has 0 spiro atoms. The lowest BCUT2D eigenvalue weighted by Crippen LogP contribution is -2.02. The first-order valence-electron chi connectivity index (χ1n) is 3.97. The minimum absolute atomic E-state index is 0.251. The van der Waals surface area contributed by atoms with Crippen molar-refractivity contribution in [3.8, 4) is 0 Å². The van der Waals surface area contributed by atoms with Crippen molar-refractivity contribution < 1.29 is 5.11 Å². The zero-order chi connectivity index (χ0) is 8.97. The predicted molar refractivity (Wildman–Crippen MR) is 51.9 cm³/mol. The summed E-state index contributed by atoms with van der Waals surface area (Å²) in [6.45, 7) is 1.79. The van der Waals surface area contributed by atoms with E-state index in [1.807, 2.05) is 12.1 Å². The molecule has 0 aliphatic rings. The second-order valence-corrected chi connectivity index (χ2v) is 3.67. The van der Waals surface area contributed by atoms with Crippen LogP contribution in [0.4, 0.5) is 0 Å². The Balaban J connectivity index is 2.57. The number of hydrogen-bond donors (Lipinski definition) is 1. The van der Waals surface area contributed by atoms with E-state index in [4.69, 9.17) is 5.11 Å². The van der Waals surface area contributed by atoms with Crippen molar-refractivity contribution >= 4 is 15.9 Å². The zero-order valence-electron chi connectivity index (χ0n) is 7.00. The van der Waals surface area contributed by atoms with Gasteiger partial charge in [-0.1, -0.05) is 0 Å². The molecule has 1 heterocycles. The Kier molecular flexibility index (Phi) is 3.69. The molecule has 66 valence electrons. The Hall–Kier alpha value is -0.410. The number of halogens is 1. The van der Waals surface area contributed by atoms with Crippen molar-refractivity contribution in [3.05, 3.63) is 28.5 Å². The van der Waals surface area contributed by atoms with E-state index in [1.54, 1.807) is 13.1 Å². The van der Waals surface area contributed by atoms with Gasteiger partial charge >= 0.3 is 0 Å². The number of nitrogens with zero attached hydrogens (tertiary/aromatic N) is 1. The molecular weight excluding hydrogens is 218 g/mol. The van der Waals surface area contributed by atoms with E-state index in [0.717, 1.165) is 23.0 Å². The quantitative estimate of drug-likeness (QED) is 0.863. The molecule has 0 aliphatic carbocycles. The van der Waals surface area contributed by atoms with E-state index in [9.17, 15) is 0 Å². The Bertz CT molecular complexity index is 250. The van der Waals surface area contributed by atoms with Gasteiger partial charge in [-0.05, 0) is 47.8 Å². The lowest BCUT2D eigenvalue weighted by molar-refractivity contribution is 0.184. The number of aryl methyl sites for hydroxylation is 1. The fourth-order valence-corrected chi connectivity index (χ4v) is 1.40. The number of aliphatic hydroxyl groups excluding tert-OH is 1. The van der Waals surface area contributed by atoms with E-state index in [2.05, 4.69) is 20.9 Å². The van der Waals surface area contributed by atoms with Crippen molar-refractivity contribution in [3.63, 3.8) is 0 Å². The highest BCUT2D eigenvalue weighted by Gasteiger charge is 2.01. The third-order valence-electron chi connectivity index (χ3n) is 1.63. The second kappa shape index (κ2) is 4.58. The molecule has 0 radical (unpaired) electrons. The summed E-state index contributed by atoms with van der Waals surface area (Å²) in [4.78, 5) is 4.19. The van der Waals surface area contributed by atoms with Gasteiger partial charge in [0, 0.05) is 10.7 Å². The van der Waals surface area contributed by atoms with Crippen molar-refractivity contribution in [1.82, 2.24) is 4.98 Å². The largest absolute Gasteiger partial charge is 0.393 e. The van der Waals surface area contributed by atoms with Crippen LogP contribution in [0.5, 0.6) is 0 Å². The molecule has 1 aromatic rings. The molecular formula is C9H12BrNO. The molecule has 0 bridgehead atoms. The minimum atomic E-state index is -0.251. The van der Waals surface area contributed by atoms with Crippen LogP contribution in [0.3, 0.4) is 0 Å². The summed E-state index contributed by atoms with van der Waals surface area (Å²) in [6.07, 6.45) is 3.09. The van der Waals surface area contributed by atoms with Gasteiger partial charge in [0.25, 0.3) is 0 Å². The second-order valence-electron chi connectivity index (χ2n) is 2.82. The Labute approximate surface area is 80.8 Å². The van der Waals surface area contributed by atoms with E-state index in [-0.39, 0.29) is 6.10 Å². The molecule has 0 saturated heterocycles. The zero-order valence-corrected chi connectivity index (χ0v) is 8.58. The first-order valence-corrected chi connectivity index (χ1v) is 4.77. The third-order valence-corrected chi connectivity index (χ3v) is 2.36. The number of aliphatic hydroxyl groups is 1. The third kappa shape index (κ3) is 2.91. The minimum Gasteiger partial charge on any atom is -0.393 e. The van der Waals surface area contributed by atoms with Crippen LogP contribution in [0.15, 0.2) is 22.8 Å². The molecule has 0 aromatic carbocycles. The molecule has 0 amide bonds. The van der Waals surface area contributed by atoms with Gasteiger partial charge in [0.15, 0.2) is 0 Å². The smallest absolute Gasteiger partial charge is 0.0546 e. The summed E-state index contributed by atoms with van der Waals surface area (Å²) < 4.78 is 1.02. The summed E-state index contributed by atoms with van der Waals surface area (Å²) in [5.41, 5.74) is 1.01. The summed E-state index contributed by atoms with van der Waals surface area (Å²) >= 11 is 3.40. The maximum absolute atomic E-state index is 9.06. The van der Waals surface area contributed by atoms with E-state index in [0.29, 0.717) is 0 Å². The molecule has 1 rings (SSSR count). The molecule has 2 nitrogen and oxygen atoms in total. The fraction of sp³-hybridized carbons (Fsp3) is 0.444. The average Bonchev–Trinajstić information content (AvgIpc) is 2.03. The highest BCUT2D eigenvalue weighted by molar-refractivity contribution is 9.10. The van der Waals surface area contributed by atoms with Gasteiger partial charge in [0.05, 0.1) is 11.8 Å². The van der Waals surface area contributed by atoms with Gasteiger partial charge in [-0.2, -0.15) is 0 Å². The summed E-state index contributed by atoms with van der Waals surface area (Å²) in [7, 11) is 0. The lowest BCUT2D eigenvalue weighted by atomic mass is 10.1. The van der Waals surface area contributed by atoms with Gasteiger partial charge in [-0.3, -0.25) is 4.98 Å². The van der Waals surface area contributed by atoms with Crippen LogP contribution in [-0.4, -0.2) is 16.2 Å². The molecule has 0 saturated carbocycles. The molecule has 12 heavy (non-hydrogen) atoms. The van der Waals surface area contributed by atoms with E-state index >= 15 is 0 Å². The number of rotatable bonds is 3. The SMILES string of the molecule is C[C@@H](O)CCc1ncccc1Br.